The van der Waals surface area contributed by atoms with E-state index in [-0.39, 0.29) is 29.3 Å². The van der Waals surface area contributed by atoms with E-state index in [0.717, 1.165) is 12.1 Å². The van der Waals surface area contributed by atoms with Gasteiger partial charge in [0.25, 0.3) is 5.91 Å². The number of aromatic nitrogens is 4. The average molecular weight is 522 g/mol. The number of nitrogens with two attached hydrogens (primary N) is 1. The smallest absolute Gasteiger partial charge is 0.416 e. The van der Waals surface area contributed by atoms with Crippen LogP contribution in [0.5, 0.6) is 11.5 Å². The van der Waals surface area contributed by atoms with Crippen molar-refractivity contribution in [2.75, 3.05) is 18.8 Å². The maximum atomic E-state index is 13.7. The van der Waals surface area contributed by atoms with Gasteiger partial charge in [0.2, 0.25) is 0 Å². The molecule has 0 bridgehead atoms. The van der Waals surface area contributed by atoms with Crippen molar-refractivity contribution in [1.82, 2.24) is 24.0 Å². The summed E-state index contributed by atoms with van der Waals surface area (Å²) in [6.07, 6.45) is -2.69. The van der Waals surface area contributed by atoms with Gasteiger partial charge in [-0.15, -0.1) is 0 Å². The molecule has 1 amide bonds. The maximum absolute atomic E-state index is 13.7. The lowest BCUT2D eigenvalue weighted by Crippen LogP contribution is -2.31. The minimum atomic E-state index is -4.49. The second-order valence-corrected chi connectivity index (χ2v) is 8.61. The molecule has 5 rings (SSSR count). The van der Waals surface area contributed by atoms with Gasteiger partial charge in [0.05, 0.1) is 17.3 Å². The van der Waals surface area contributed by atoms with E-state index in [4.69, 9.17) is 10.5 Å². The van der Waals surface area contributed by atoms with Crippen molar-refractivity contribution in [2.24, 2.45) is 0 Å². The maximum Gasteiger partial charge on any atom is 0.416 e. The lowest BCUT2D eigenvalue weighted by molar-refractivity contribution is -0.137. The predicted octanol–water partition coefficient (Wildman–Crippen LogP) is 3.77. The second kappa shape index (κ2) is 9.59. The van der Waals surface area contributed by atoms with Crippen LogP contribution in [0.3, 0.4) is 0 Å². The molecule has 0 spiro atoms. The molecule has 0 aliphatic carbocycles. The number of ether oxygens (including phenoxy) is 1. The number of carbonyl (C=O) groups is 1. The quantitative estimate of drug-likeness (QED) is 0.409. The molecule has 194 valence electrons. The molecular formula is C26H21F3N6O3. The molecule has 12 heteroatoms. The number of alkyl halides is 3. The Morgan fingerprint density at radius 2 is 1.89 bits per heavy atom. The summed E-state index contributed by atoms with van der Waals surface area (Å²) >= 11 is 0. The number of halogens is 3. The van der Waals surface area contributed by atoms with Crippen LogP contribution in [0.2, 0.25) is 0 Å². The molecule has 1 aliphatic rings. The molecule has 1 aliphatic heterocycles. The summed E-state index contributed by atoms with van der Waals surface area (Å²) in [7, 11) is 0. The third-order valence-electron chi connectivity index (χ3n) is 6.22. The highest BCUT2D eigenvalue weighted by atomic mass is 19.4. The van der Waals surface area contributed by atoms with Crippen LogP contribution in [0.15, 0.2) is 59.7 Å². The first-order valence-electron chi connectivity index (χ1n) is 11.6. The van der Waals surface area contributed by atoms with Crippen LogP contribution in [-0.2, 0) is 11.0 Å². The number of rotatable bonds is 4. The van der Waals surface area contributed by atoms with Gasteiger partial charge in [-0.25, -0.2) is 14.8 Å². The third kappa shape index (κ3) is 4.54. The number of hydrogen-bond acceptors (Lipinski definition) is 6. The Bertz CT molecular complexity index is 1650. The molecule has 2 aromatic heterocycles. The lowest BCUT2D eigenvalue weighted by atomic mass is 10.2. The first kappa shape index (κ1) is 24.9. The summed E-state index contributed by atoms with van der Waals surface area (Å²) in [5, 5.41) is 0. The molecule has 1 saturated heterocycles. The van der Waals surface area contributed by atoms with Gasteiger partial charge in [-0.2, -0.15) is 13.2 Å². The average Bonchev–Trinajstić information content (AvgIpc) is 3.47. The van der Waals surface area contributed by atoms with Crippen LogP contribution in [0.4, 0.5) is 19.0 Å². The Balaban J connectivity index is 1.49. The molecule has 1 unspecified atom stereocenters. The zero-order valence-corrected chi connectivity index (χ0v) is 20.1. The number of nitrogen functional groups attached to an aromatic ring is 1. The lowest BCUT2D eigenvalue weighted by Gasteiger charge is -2.14. The zero-order valence-electron chi connectivity index (χ0n) is 20.1. The number of nitrogens with zero attached hydrogens (tertiary/aromatic N) is 5. The highest BCUT2D eigenvalue weighted by Gasteiger charge is 2.32. The van der Waals surface area contributed by atoms with Gasteiger partial charge in [0, 0.05) is 13.1 Å². The topological polar surface area (TPSA) is 108 Å². The SMILES string of the molecule is CC#CC(=O)N1CCC(n2c(=O)n(-c3ccc(Oc4cccc(C(F)(F)F)c4)cc3)c3c(N)ncnc32)C1. The standard InChI is InChI=1S/C26H21F3N6O3/c1-2-4-21(36)33-12-11-18(14-33)35-24-22(23(30)31-15-32-24)34(25(35)37)17-7-9-19(10-8-17)38-20-6-3-5-16(13-20)26(27,28)29/h3,5-10,13,15,18H,11-12,14H2,1H3,(H2,30,31,32). The minimum absolute atomic E-state index is 0.0205. The molecule has 0 saturated carbocycles. The molecule has 38 heavy (non-hydrogen) atoms. The van der Waals surface area contributed by atoms with E-state index in [9.17, 15) is 22.8 Å². The summed E-state index contributed by atoms with van der Waals surface area (Å²) in [6, 6.07) is 10.4. The number of likely N-dealkylation sites (tertiary alicyclic amines) is 1. The van der Waals surface area contributed by atoms with Gasteiger partial charge in [-0.05, 0) is 61.7 Å². The van der Waals surface area contributed by atoms with Gasteiger partial charge in [0.1, 0.15) is 23.3 Å². The van der Waals surface area contributed by atoms with Crippen molar-refractivity contribution >= 4 is 22.9 Å². The monoisotopic (exact) mass is 522 g/mol. The summed E-state index contributed by atoms with van der Waals surface area (Å²) in [5.41, 5.74) is 5.97. The fourth-order valence-electron chi connectivity index (χ4n) is 4.49. The Kier molecular flexibility index (Phi) is 6.28. The van der Waals surface area contributed by atoms with Crippen molar-refractivity contribution in [1.29, 1.82) is 0 Å². The first-order chi connectivity index (χ1) is 18.2. The molecule has 4 aromatic rings. The molecule has 9 nitrogen and oxygen atoms in total. The van der Waals surface area contributed by atoms with E-state index in [1.165, 1.54) is 39.7 Å². The van der Waals surface area contributed by atoms with Gasteiger partial charge >= 0.3 is 11.9 Å². The molecule has 2 N–H and O–H groups in total. The predicted molar refractivity (Wildman–Crippen MR) is 133 cm³/mol. The molecule has 0 radical (unpaired) electrons. The van der Waals surface area contributed by atoms with Crippen LogP contribution in [-0.4, -0.2) is 43.0 Å². The fourth-order valence-corrected chi connectivity index (χ4v) is 4.49. The summed E-state index contributed by atoms with van der Waals surface area (Å²) in [5.74, 6) is 5.19. The van der Waals surface area contributed by atoms with Crippen molar-refractivity contribution < 1.29 is 22.7 Å². The highest BCUT2D eigenvalue weighted by Crippen LogP contribution is 2.33. The van der Waals surface area contributed by atoms with E-state index >= 15 is 0 Å². The first-order valence-corrected chi connectivity index (χ1v) is 11.6. The number of imidazole rings is 1. The Morgan fingerprint density at radius 1 is 1.13 bits per heavy atom. The molecular weight excluding hydrogens is 501 g/mol. The van der Waals surface area contributed by atoms with Crippen molar-refractivity contribution in [3.8, 4) is 29.0 Å². The second-order valence-electron chi connectivity index (χ2n) is 8.61. The Morgan fingerprint density at radius 3 is 2.61 bits per heavy atom. The van der Waals surface area contributed by atoms with Gasteiger partial charge in [-0.1, -0.05) is 12.0 Å². The number of fused-ring (bicyclic) bond motifs is 1. The van der Waals surface area contributed by atoms with Gasteiger partial charge < -0.3 is 15.4 Å². The number of anilines is 1. The summed E-state index contributed by atoms with van der Waals surface area (Å²) in [4.78, 5) is 35.8. The van der Waals surface area contributed by atoms with E-state index < -0.39 is 17.4 Å². The van der Waals surface area contributed by atoms with Gasteiger partial charge in [-0.3, -0.25) is 13.9 Å². The van der Waals surface area contributed by atoms with Crippen molar-refractivity contribution in [3.63, 3.8) is 0 Å². The number of amides is 1. The van der Waals surface area contributed by atoms with Crippen LogP contribution in [0.25, 0.3) is 16.9 Å². The van der Waals surface area contributed by atoms with Crippen LogP contribution < -0.4 is 16.2 Å². The van der Waals surface area contributed by atoms with E-state index in [0.29, 0.717) is 36.4 Å². The van der Waals surface area contributed by atoms with Gasteiger partial charge in [0.15, 0.2) is 11.5 Å². The molecule has 1 atom stereocenters. The number of carbonyl (C=O) groups excluding carboxylic acids is 1. The summed E-state index contributed by atoms with van der Waals surface area (Å²) in [6.45, 7) is 2.32. The van der Waals surface area contributed by atoms with E-state index in [1.54, 1.807) is 24.0 Å². The zero-order chi connectivity index (χ0) is 27.0. The van der Waals surface area contributed by atoms with E-state index in [1.807, 2.05) is 0 Å². The summed E-state index contributed by atoms with van der Waals surface area (Å²) < 4.78 is 47.5. The van der Waals surface area contributed by atoms with E-state index in [2.05, 4.69) is 21.8 Å². The van der Waals surface area contributed by atoms with Crippen LogP contribution in [0, 0.1) is 11.8 Å². The minimum Gasteiger partial charge on any atom is -0.457 e. The highest BCUT2D eigenvalue weighted by molar-refractivity contribution is 5.93. The fraction of sp³-hybridized carbons (Fsp3) is 0.231. The number of benzene rings is 2. The normalized spacial score (nSPS) is 15.4. The molecule has 2 aromatic carbocycles. The van der Waals surface area contributed by atoms with Crippen LogP contribution in [0.1, 0.15) is 24.9 Å². The largest absolute Gasteiger partial charge is 0.457 e. The van der Waals surface area contributed by atoms with Crippen LogP contribution >= 0.6 is 0 Å². The third-order valence-corrected chi connectivity index (χ3v) is 6.22. The van der Waals surface area contributed by atoms with Crippen molar-refractivity contribution in [2.45, 2.75) is 25.6 Å². The molecule has 1 fully saturated rings. The Hall–Kier alpha value is -4.79. The Labute approximate surface area is 214 Å². The number of hydrogen-bond donors (Lipinski definition) is 1. The van der Waals surface area contributed by atoms with Crippen molar-refractivity contribution in [3.05, 3.63) is 70.9 Å². The molecule has 3 heterocycles.